The molecule has 6 rings (SSSR count). The average molecular weight is 504 g/mol. The van der Waals surface area contributed by atoms with Gasteiger partial charge in [-0.25, -0.2) is 14.4 Å². The summed E-state index contributed by atoms with van der Waals surface area (Å²) in [7, 11) is 1.73. The van der Waals surface area contributed by atoms with Crippen LogP contribution in [0.4, 0.5) is 15.8 Å². The lowest BCUT2D eigenvalue weighted by Crippen LogP contribution is -2.54. The van der Waals surface area contributed by atoms with Crippen LogP contribution in [0.1, 0.15) is 49.0 Å². The number of aromatic nitrogens is 4. The first-order valence-electron chi connectivity index (χ1n) is 12.7. The highest BCUT2D eigenvalue weighted by atomic mass is 19.1. The molecule has 0 spiro atoms. The molecule has 0 aliphatic carbocycles. The number of hydrogen-bond donors (Lipinski definition) is 2. The highest BCUT2D eigenvalue weighted by Gasteiger charge is 2.26. The van der Waals surface area contributed by atoms with Gasteiger partial charge in [-0.3, -0.25) is 9.48 Å². The van der Waals surface area contributed by atoms with Crippen molar-refractivity contribution in [3.05, 3.63) is 53.9 Å². The quantitative estimate of drug-likeness (QED) is 0.435. The molecule has 10 heteroatoms. The molecule has 2 N–H and O–H groups in total. The standard InChI is InChI=1S/C27H30FN7O2/c1-15-12-35(13-16(2)30-15)22-7-6-19(25-20(22)11-29-26(32-25)23-5-4-8-37-23)27(36)31-18-9-17-14-34(3)33-24(17)21(28)10-18/h6-7,9-11,14-16,23,30H,4-5,8,12-13H2,1-3H3,(H,31,36)/t15-,16-,23+/m1/s1. The molecule has 4 aromatic rings. The number of aryl methyl sites for hydroxylation is 1. The maximum Gasteiger partial charge on any atom is 0.257 e. The van der Waals surface area contributed by atoms with Gasteiger partial charge in [0, 0.05) is 73.4 Å². The third-order valence-corrected chi connectivity index (χ3v) is 7.04. The van der Waals surface area contributed by atoms with Crippen LogP contribution in [-0.4, -0.2) is 57.4 Å². The van der Waals surface area contributed by atoms with Crippen LogP contribution in [0.2, 0.25) is 0 Å². The van der Waals surface area contributed by atoms with E-state index in [1.807, 2.05) is 12.3 Å². The number of nitrogens with zero attached hydrogens (tertiary/aromatic N) is 5. The molecule has 192 valence electrons. The Morgan fingerprint density at radius 3 is 2.76 bits per heavy atom. The summed E-state index contributed by atoms with van der Waals surface area (Å²) in [5.74, 6) is -0.266. The summed E-state index contributed by atoms with van der Waals surface area (Å²) < 4.78 is 22.0. The second-order valence-electron chi connectivity index (χ2n) is 10.2. The van der Waals surface area contributed by atoms with Crippen molar-refractivity contribution in [2.75, 3.05) is 29.9 Å². The number of ether oxygens (including phenoxy) is 1. The summed E-state index contributed by atoms with van der Waals surface area (Å²) in [4.78, 5) is 25.4. The Morgan fingerprint density at radius 1 is 1.19 bits per heavy atom. The molecular weight excluding hydrogens is 473 g/mol. The summed E-state index contributed by atoms with van der Waals surface area (Å²) in [5, 5.41) is 12.0. The zero-order valence-corrected chi connectivity index (χ0v) is 21.2. The molecule has 2 aliphatic heterocycles. The van der Waals surface area contributed by atoms with Crippen molar-refractivity contribution in [2.45, 2.75) is 44.9 Å². The number of benzene rings is 2. The van der Waals surface area contributed by atoms with Gasteiger partial charge in [-0.15, -0.1) is 0 Å². The first-order chi connectivity index (χ1) is 17.9. The minimum atomic E-state index is -0.487. The van der Waals surface area contributed by atoms with Gasteiger partial charge in [0.25, 0.3) is 5.91 Å². The summed E-state index contributed by atoms with van der Waals surface area (Å²) >= 11 is 0. The summed E-state index contributed by atoms with van der Waals surface area (Å²) in [5.41, 5.74) is 2.59. The summed E-state index contributed by atoms with van der Waals surface area (Å²) in [6.45, 7) is 6.68. The maximum absolute atomic E-state index is 14.6. The van der Waals surface area contributed by atoms with E-state index in [4.69, 9.17) is 9.72 Å². The first kappa shape index (κ1) is 23.7. The Morgan fingerprint density at radius 2 is 2.00 bits per heavy atom. The Labute approximate surface area is 214 Å². The number of piperazine rings is 1. The van der Waals surface area contributed by atoms with Gasteiger partial charge in [-0.1, -0.05) is 0 Å². The molecule has 9 nitrogen and oxygen atoms in total. The number of nitrogens with one attached hydrogen (secondary N) is 2. The van der Waals surface area contributed by atoms with Crippen molar-refractivity contribution >= 4 is 39.1 Å². The third-order valence-electron chi connectivity index (χ3n) is 7.04. The lowest BCUT2D eigenvalue weighted by Gasteiger charge is -2.38. The van der Waals surface area contributed by atoms with Crippen LogP contribution < -0.4 is 15.5 Å². The van der Waals surface area contributed by atoms with E-state index in [9.17, 15) is 9.18 Å². The second-order valence-corrected chi connectivity index (χ2v) is 10.2. The molecule has 0 saturated carbocycles. The highest BCUT2D eigenvalue weighted by molar-refractivity contribution is 6.14. The van der Waals surface area contributed by atoms with Gasteiger partial charge in [0.15, 0.2) is 11.6 Å². The van der Waals surface area contributed by atoms with Crippen LogP contribution in [0.3, 0.4) is 0 Å². The fourth-order valence-corrected chi connectivity index (χ4v) is 5.52. The SMILES string of the molecule is C[C@@H]1CN(c2ccc(C(=O)Nc3cc(F)c4nn(C)cc4c3)c3nc([C@@H]4CCCO4)ncc23)C[C@@H](C)N1. The average Bonchev–Trinajstić information content (AvgIpc) is 3.52. The van der Waals surface area contributed by atoms with Crippen LogP contribution >= 0.6 is 0 Å². The van der Waals surface area contributed by atoms with E-state index in [0.29, 0.717) is 46.7 Å². The van der Waals surface area contributed by atoms with E-state index in [1.54, 1.807) is 30.1 Å². The number of anilines is 2. The van der Waals surface area contributed by atoms with Gasteiger partial charge in [0.05, 0.1) is 11.1 Å². The molecule has 37 heavy (non-hydrogen) atoms. The van der Waals surface area contributed by atoms with E-state index in [0.717, 1.165) is 37.0 Å². The summed E-state index contributed by atoms with van der Waals surface area (Å²) in [6, 6.07) is 7.42. The molecular formula is C27H30FN7O2. The molecule has 2 aliphatic rings. The van der Waals surface area contributed by atoms with Crippen LogP contribution in [0.25, 0.3) is 21.8 Å². The second kappa shape index (κ2) is 9.35. The van der Waals surface area contributed by atoms with E-state index in [1.165, 1.54) is 6.07 Å². The van der Waals surface area contributed by atoms with Gasteiger partial charge in [-0.2, -0.15) is 5.10 Å². The van der Waals surface area contributed by atoms with Crippen LogP contribution in [-0.2, 0) is 11.8 Å². The molecule has 2 fully saturated rings. The largest absolute Gasteiger partial charge is 0.370 e. The smallest absolute Gasteiger partial charge is 0.257 e. The Balaban J connectivity index is 1.41. The summed E-state index contributed by atoms with van der Waals surface area (Å²) in [6.07, 6.45) is 5.16. The lowest BCUT2D eigenvalue weighted by atomic mass is 10.0. The monoisotopic (exact) mass is 503 g/mol. The zero-order valence-electron chi connectivity index (χ0n) is 21.2. The van der Waals surface area contributed by atoms with Crippen LogP contribution in [0.15, 0.2) is 36.7 Å². The van der Waals surface area contributed by atoms with E-state index in [-0.39, 0.29) is 17.5 Å². The van der Waals surface area contributed by atoms with E-state index < -0.39 is 5.82 Å². The fourth-order valence-electron chi connectivity index (χ4n) is 5.52. The predicted octanol–water partition coefficient (Wildman–Crippen LogP) is 3.95. The van der Waals surface area contributed by atoms with Gasteiger partial charge in [0.1, 0.15) is 11.6 Å². The molecule has 4 heterocycles. The highest BCUT2D eigenvalue weighted by Crippen LogP contribution is 2.33. The number of amides is 1. The van der Waals surface area contributed by atoms with Gasteiger partial charge < -0.3 is 20.3 Å². The molecule has 2 aromatic heterocycles. The Hall–Kier alpha value is -3.63. The van der Waals surface area contributed by atoms with Crippen LogP contribution in [0.5, 0.6) is 0 Å². The minimum absolute atomic E-state index is 0.176. The van der Waals surface area contributed by atoms with Gasteiger partial charge >= 0.3 is 0 Å². The number of rotatable bonds is 4. The van der Waals surface area contributed by atoms with E-state index >= 15 is 0 Å². The van der Waals surface area contributed by atoms with Gasteiger partial charge in [-0.05, 0) is 51.0 Å². The molecule has 1 amide bonds. The Kier molecular flexibility index (Phi) is 6.00. The number of carbonyl (C=O) groups is 1. The fraction of sp³-hybridized carbons (Fsp3) is 0.407. The van der Waals surface area contributed by atoms with Crippen molar-refractivity contribution in [1.82, 2.24) is 25.1 Å². The van der Waals surface area contributed by atoms with Gasteiger partial charge in [0.2, 0.25) is 0 Å². The number of carbonyl (C=O) groups excluding carboxylic acids is 1. The Bertz CT molecular complexity index is 1490. The molecule has 0 bridgehead atoms. The number of halogens is 1. The predicted molar refractivity (Wildman–Crippen MR) is 140 cm³/mol. The zero-order chi connectivity index (χ0) is 25.7. The molecule has 0 unspecified atom stereocenters. The van der Waals surface area contributed by atoms with Crippen molar-refractivity contribution in [1.29, 1.82) is 0 Å². The topological polar surface area (TPSA) is 97.2 Å². The normalized spacial score (nSPS) is 22.2. The maximum atomic E-state index is 14.6. The molecule has 2 saturated heterocycles. The van der Waals surface area contributed by atoms with Crippen molar-refractivity contribution in [3.63, 3.8) is 0 Å². The third kappa shape index (κ3) is 4.51. The van der Waals surface area contributed by atoms with Crippen molar-refractivity contribution in [3.8, 4) is 0 Å². The van der Waals surface area contributed by atoms with E-state index in [2.05, 4.69) is 39.5 Å². The number of fused-ring (bicyclic) bond motifs is 2. The minimum Gasteiger partial charge on any atom is -0.370 e. The first-order valence-corrected chi connectivity index (χ1v) is 12.7. The van der Waals surface area contributed by atoms with Crippen molar-refractivity contribution in [2.24, 2.45) is 7.05 Å². The molecule has 2 aromatic carbocycles. The molecule has 3 atom stereocenters. The molecule has 0 radical (unpaired) electrons. The number of hydrogen-bond acceptors (Lipinski definition) is 7. The van der Waals surface area contributed by atoms with Crippen molar-refractivity contribution < 1.29 is 13.9 Å². The van der Waals surface area contributed by atoms with Crippen LogP contribution in [0, 0.1) is 5.82 Å². The lowest BCUT2D eigenvalue weighted by molar-refractivity contribution is 0.102.